The maximum absolute atomic E-state index is 5.40. The third-order valence-corrected chi connectivity index (χ3v) is 3.52. The van der Waals surface area contributed by atoms with E-state index in [4.69, 9.17) is 9.26 Å². The number of ether oxygens (including phenoxy) is 1. The Morgan fingerprint density at radius 1 is 1.32 bits per heavy atom. The van der Waals surface area contributed by atoms with E-state index >= 15 is 0 Å². The summed E-state index contributed by atoms with van der Waals surface area (Å²) >= 11 is 3.40. The molecule has 1 aliphatic heterocycles. The lowest BCUT2D eigenvalue weighted by atomic mass is 10.2. The van der Waals surface area contributed by atoms with Gasteiger partial charge in [-0.25, -0.2) is 0 Å². The molecule has 19 heavy (non-hydrogen) atoms. The third kappa shape index (κ3) is 3.20. The molecule has 1 saturated heterocycles. The number of halogens is 1. The van der Waals surface area contributed by atoms with Gasteiger partial charge in [-0.2, -0.15) is 4.98 Å². The summed E-state index contributed by atoms with van der Waals surface area (Å²) in [5.74, 6) is 1.26. The molecule has 2 heterocycles. The second-order valence-corrected chi connectivity index (χ2v) is 5.36. The number of hydrogen-bond donors (Lipinski definition) is 1. The van der Waals surface area contributed by atoms with Crippen molar-refractivity contribution in [3.63, 3.8) is 0 Å². The summed E-state index contributed by atoms with van der Waals surface area (Å²) in [5, 5.41) is 7.38. The van der Waals surface area contributed by atoms with Crippen molar-refractivity contribution in [2.24, 2.45) is 0 Å². The molecule has 0 radical (unpaired) electrons. The van der Waals surface area contributed by atoms with Gasteiger partial charge in [0.05, 0.1) is 13.2 Å². The van der Waals surface area contributed by atoms with Crippen LogP contribution in [0.5, 0.6) is 0 Å². The van der Waals surface area contributed by atoms with Crippen LogP contribution in [-0.4, -0.2) is 35.9 Å². The highest BCUT2D eigenvalue weighted by Crippen LogP contribution is 2.19. The van der Waals surface area contributed by atoms with Gasteiger partial charge in [0.2, 0.25) is 11.7 Å². The molecule has 1 aliphatic rings. The van der Waals surface area contributed by atoms with Crippen molar-refractivity contribution in [1.29, 1.82) is 0 Å². The molecule has 0 saturated carbocycles. The molecule has 1 N–H and O–H groups in total. The van der Waals surface area contributed by atoms with Gasteiger partial charge in [-0.05, 0) is 24.3 Å². The summed E-state index contributed by atoms with van der Waals surface area (Å²) in [4.78, 5) is 4.42. The first kappa shape index (κ1) is 12.8. The van der Waals surface area contributed by atoms with Gasteiger partial charge in [-0.15, -0.1) is 0 Å². The largest absolute Gasteiger partial charge is 0.378 e. The zero-order valence-electron chi connectivity index (χ0n) is 10.3. The monoisotopic (exact) mass is 323 g/mol. The van der Waals surface area contributed by atoms with Crippen molar-refractivity contribution >= 4 is 15.9 Å². The Hall–Kier alpha value is -1.24. The highest BCUT2D eigenvalue weighted by molar-refractivity contribution is 9.10. The zero-order valence-corrected chi connectivity index (χ0v) is 11.9. The van der Waals surface area contributed by atoms with E-state index < -0.39 is 0 Å². The van der Waals surface area contributed by atoms with Gasteiger partial charge in [-0.3, -0.25) is 0 Å². The van der Waals surface area contributed by atoms with E-state index in [-0.39, 0.29) is 6.04 Å². The van der Waals surface area contributed by atoms with Crippen molar-refractivity contribution in [2.45, 2.75) is 12.5 Å². The average Bonchev–Trinajstić information content (AvgIpc) is 2.89. The van der Waals surface area contributed by atoms with Gasteiger partial charge in [-0.1, -0.05) is 21.1 Å². The van der Waals surface area contributed by atoms with Crippen LogP contribution in [0.1, 0.15) is 5.89 Å². The maximum atomic E-state index is 5.40. The van der Waals surface area contributed by atoms with E-state index in [2.05, 4.69) is 31.4 Å². The van der Waals surface area contributed by atoms with Crippen LogP contribution in [0.3, 0.4) is 0 Å². The molecule has 0 amide bonds. The van der Waals surface area contributed by atoms with Crippen molar-refractivity contribution < 1.29 is 9.26 Å². The van der Waals surface area contributed by atoms with Crippen molar-refractivity contribution in [3.05, 3.63) is 34.6 Å². The number of nitrogens with one attached hydrogen (secondary N) is 1. The second kappa shape index (κ2) is 5.81. The van der Waals surface area contributed by atoms with Crippen LogP contribution in [0, 0.1) is 0 Å². The Bertz CT molecular complexity index is 535. The molecule has 3 rings (SSSR count). The minimum atomic E-state index is 0.256. The van der Waals surface area contributed by atoms with E-state index in [1.165, 1.54) is 0 Å². The summed E-state index contributed by atoms with van der Waals surface area (Å²) in [7, 11) is 0. The number of benzene rings is 1. The first-order valence-electron chi connectivity index (χ1n) is 6.21. The normalized spacial score (nSPS) is 19.5. The van der Waals surface area contributed by atoms with E-state index in [9.17, 15) is 0 Å². The molecule has 1 aromatic heterocycles. The molecule has 1 atom stereocenters. The summed E-state index contributed by atoms with van der Waals surface area (Å²) < 4.78 is 11.7. The highest BCUT2D eigenvalue weighted by Gasteiger charge is 2.17. The molecular weight excluding hydrogens is 310 g/mol. The van der Waals surface area contributed by atoms with Gasteiger partial charge >= 0.3 is 0 Å². The Morgan fingerprint density at radius 2 is 2.16 bits per heavy atom. The number of hydrogen-bond acceptors (Lipinski definition) is 5. The molecular formula is C13H14BrN3O2. The lowest BCUT2D eigenvalue weighted by molar-refractivity contribution is 0.0744. The quantitative estimate of drug-likeness (QED) is 0.936. The molecule has 0 spiro atoms. The lowest BCUT2D eigenvalue weighted by Crippen LogP contribution is -2.42. The summed E-state index contributed by atoms with van der Waals surface area (Å²) in [6.07, 6.45) is 0.698. The van der Waals surface area contributed by atoms with Gasteiger partial charge in [0.15, 0.2) is 0 Å². The number of aromatic nitrogens is 2. The van der Waals surface area contributed by atoms with Crippen LogP contribution in [-0.2, 0) is 11.2 Å². The highest BCUT2D eigenvalue weighted by atomic mass is 79.9. The molecule has 1 aromatic carbocycles. The van der Waals surface area contributed by atoms with Gasteiger partial charge in [0.25, 0.3) is 0 Å². The van der Waals surface area contributed by atoms with E-state index in [1.807, 2.05) is 24.3 Å². The zero-order chi connectivity index (χ0) is 13.1. The van der Waals surface area contributed by atoms with Crippen LogP contribution in [0.2, 0.25) is 0 Å². The van der Waals surface area contributed by atoms with Gasteiger partial charge < -0.3 is 14.6 Å². The minimum Gasteiger partial charge on any atom is -0.378 e. The van der Waals surface area contributed by atoms with Crippen LogP contribution in [0.4, 0.5) is 0 Å². The number of nitrogens with zero attached hydrogens (tertiary/aromatic N) is 2. The molecule has 0 aliphatic carbocycles. The fourth-order valence-electron chi connectivity index (χ4n) is 2.02. The predicted octanol–water partition coefficient (Wildman–Crippen LogP) is 2.03. The van der Waals surface area contributed by atoms with Crippen LogP contribution < -0.4 is 5.32 Å². The Morgan fingerprint density at radius 3 is 2.89 bits per heavy atom. The molecule has 6 heteroatoms. The van der Waals surface area contributed by atoms with Crippen LogP contribution in [0.25, 0.3) is 11.4 Å². The van der Waals surface area contributed by atoms with Crippen LogP contribution >= 0.6 is 15.9 Å². The number of rotatable bonds is 3. The summed E-state index contributed by atoms with van der Waals surface area (Å²) in [6.45, 7) is 2.33. The van der Waals surface area contributed by atoms with Crippen molar-refractivity contribution in [2.75, 3.05) is 19.8 Å². The Balaban J connectivity index is 1.70. The third-order valence-electron chi connectivity index (χ3n) is 2.99. The van der Waals surface area contributed by atoms with E-state index in [0.717, 1.165) is 23.2 Å². The average molecular weight is 324 g/mol. The molecule has 1 fully saturated rings. The van der Waals surface area contributed by atoms with Gasteiger partial charge in [0.1, 0.15) is 0 Å². The van der Waals surface area contributed by atoms with Crippen molar-refractivity contribution in [3.8, 4) is 11.4 Å². The SMILES string of the molecule is Brc1ccc(-c2noc(CC3COCCN3)n2)cc1. The molecule has 0 bridgehead atoms. The standard InChI is InChI=1S/C13H14BrN3O2/c14-10-3-1-9(2-4-10)13-16-12(19-17-13)7-11-8-18-6-5-15-11/h1-4,11,15H,5-8H2. The lowest BCUT2D eigenvalue weighted by Gasteiger charge is -2.22. The Labute approximate surface area is 119 Å². The van der Waals surface area contributed by atoms with Crippen LogP contribution in [0.15, 0.2) is 33.3 Å². The first-order chi connectivity index (χ1) is 9.31. The molecule has 5 nitrogen and oxygen atoms in total. The smallest absolute Gasteiger partial charge is 0.228 e. The summed E-state index contributed by atoms with van der Waals surface area (Å²) in [6, 6.07) is 8.09. The summed E-state index contributed by atoms with van der Waals surface area (Å²) in [5.41, 5.74) is 0.950. The predicted molar refractivity (Wildman–Crippen MR) is 73.7 cm³/mol. The molecule has 1 unspecified atom stereocenters. The van der Waals surface area contributed by atoms with Gasteiger partial charge in [0, 0.05) is 29.0 Å². The van der Waals surface area contributed by atoms with E-state index in [0.29, 0.717) is 24.7 Å². The maximum Gasteiger partial charge on any atom is 0.228 e. The topological polar surface area (TPSA) is 60.2 Å². The Kier molecular flexibility index (Phi) is 3.91. The number of morpholine rings is 1. The fraction of sp³-hybridized carbons (Fsp3) is 0.385. The minimum absolute atomic E-state index is 0.256. The first-order valence-corrected chi connectivity index (χ1v) is 7.00. The van der Waals surface area contributed by atoms with Crippen molar-refractivity contribution in [1.82, 2.24) is 15.5 Å². The van der Waals surface area contributed by atoms with E-state index in [1.54, 1.807) is 0 Å². The fourth-order valence-corrected chi connectivity index (χ4v) is 2.28. The molecule has 2 aromatic rings. The molecule has 100 valence electrons. The second-order valence-electron chi connectivity index (χ2n) is 4.45.